The minimum absolute atomic E-state index is 0.107. The number of carboxylic acid groups (broad SMARTS) is 1. The van der Waals surface area contributed by atoms with Gasteiger partial charge < -0.3 is 5.11 Å². The molecule has 0 aromatic rings. The molecule has 2 atom stereocenters. The van der Waals surface area contributed by atoms with Gasteiger partial charge in [-0.25, -0.2) is 0 Å². The number of fused-ring (bicyclic) bond motifs is 1. The summed E-state index contributed by atoms with van der Waals surface area (Å²) in [6.07, 6.45) is -4.85. The van der Waals surface area contributed by atoms with Crippen LogP contribution in [0.4, 0.5) is 8.78 Å². The average molecular weight is 194 g/mol. The number of aliphatic carboxylic acids is 1. The number of carbonyl (C=O) groups is 1. The standard InChI is InChI=1S/C7H8F2O4/c8-7(9)12-4-1-3(6(10)11)2-5(4)13-7/h3-5H,1-2H2,(H,10,11). The van der Waals surface area contributed by atoms with Gasteiger partial charge >= 0.3 is 12.3 Å². The molecule has 4 nitrogen and oxygen atoms in total. The van der Waals surface area contributed by atoms with Crippen molar-refractivity contribution in [2.75, 3.05) is 0 Å². The van der Waals surface area contributed by atoms with Crippen molar-refractivity contribution in [2.45, 2.75) is 31.3 Å². The van der Waals surface area contributed by atoms with Gasteiger partial charge in [-0.15, -0.1) is 8.78 Å². The highest BCUT2D eigenvalue weighted by atomic mass is 19.3. The van der Waals surface area contributed by atoms with Crippen molar-refractivity contribution in [2.24, 2.45) is 5.92 Å². The maximum atomic E-state index is 12.4. The summed E-state index contributed by atoms with van der Waals surface area (Å²) in [5.74, 6) is -1.60. The van der Waals surface area contributed by atoms with Crippen LogP contribution in [0.5, 0.6) is 0 Å². The van der Waals surface area contributed by atoms with Gasteiger partial charge in [-0.1, -0.05) is 0 Å². The number of alkyl halides is 2. The van der Waals surface area contributed by atoms with Gasteiger partial charge in [0.15, 0.2) is 0 Å². The molecular weight excluding hydrogens is 186 g/mol. The van der Waals surface area contributed by atoms with Crippen molar-refractivity contribution >= 4 is 5.97 Å². The lowest BCUT2D eigenvalue weighted by molar-refractivity contribution is -0.354. The van der Waals surface area contributed by atoms with Crippen molar-refractivity contribution in [1.82, 2.24) is 0 Å². The molecule has 0 aromatic heterocycles. The van der Waals surface area contributed by atoms with Crippen LogP contribution in [0, 0.1) is 5.92 Å². The van der Waals surface area contributed by atoms with E-state index in [-0.39, 0.29) is 12.8 Å². The van der Waals surface area contributed by atoms with Crippen LogP contribution >= 0.6 is 0 Å². The molecule has 2 unspecified atom stereocenters. The van der Waals surface area contributed by atoms with E-state index in [0.717, 1.165) is 0 Å². The number of carboxylic acids is 1. The van der Waals surface area contributed by atoms with E-state index in [2.05, 4.69) is 9.47 Å². The third-order valence-electron chi connectivity index (χ3n) is 2.37. The first-order valence-electron chi connectivity index (χ1n) is 3.94. The third-order valence-corrected chi connectivity index (χ3v) is 2.37. The highest BCUT2D eigenvalue weighted by Gasteiger charge is 2.54. The smallest absolute Gasteiger partial charge is 0.481 e. The van der Waals surface area contributed by atoms with Crippen molar-refractivity contribution in [1.29, 1.82) is 0 Å². The molecule has 0 amide bonds. The lowest BCUT2D eigenvalue weighted by Gasteiger charge is -2.10. The predicted octanol–water partition coefficient (Wildman–Crippen LogP) is 0.815. The largest absolute Gasteiger partial charge is 0.486 e. The molecular formula is C7H8F2O4. The minimum Gasteiger partial charge on any atom is -0.481 e. The number of hydrogen-bond donors (Lipinski definition) is 1. The molecule has 1 aliphatic carbocycles. The van der Waals surface area contributed by atoms with E-state index in [1.807, 2.05) is 0 Å². The number of ether oxygens (including phenoxy) is 2. The quantitative estimate of drug-likeness (QED) is 0.671. The Kier molecular flexibility index (Phi) is 1.78. The Morgan fingerprint density at radius 1 is 1.31 bits per heavy atom. The minimum atomic E-state index is -3.53. The molecule has 1 aliphatic heterocycles. The molecule has 2 rings (SSSR count). The highest BCUT2D eigenvalue weighted by Crippen LogP contribution is 2.42. The molecule has 6 heteroatoms. The molecule has 13 heavy (non-hydrogen) atoms. The zero-order chi connectivity index (χ0) is 9.64. The Bertz CT molecular complexity index is 227. The van der Waals surface area contributed by atoms with Crippen molar-refractivity contribution in [3.8, 4) is 0 Å². The molecule has 2 fully saturated rings. The van der Waals surface area contributed by atoms with Gasteiger partial charge in [0, 0.05) is 0 Å². The third kappa shape index (κ3) is 1.51. The Morgan fingerprint density at radius 2 is 1.77 bits per heavy atom. The molecule has 2 aliphatic rings. The predicted molar refractivity (Wildman–Crippen MR) is 35.1 cm³/mol. The van der Waals surface area contributed by atoms with Crippen LogP contribution in [0.25, 0.3) is 0 Å². The zero-order valence-electron chi connectivity index (χ0n) is 6.57. The summed E-state index contributed by atoms with van der Waals surface area (Å²) in [7, 11) is 0. The second-order valence-corrected chi connectivity index (χ2v) is 3.28. The van der Waals surface area contributed by atoms with Gasteiger partial charge in [-0.3, -0.25) is 14.3 Å². The number of rotatable bonds is 1. The van der Waals surface area contributed by atoms with E-state index in [1.165, 1.54) is 0 Å². The summed E-state index contributed by atoms with van der Waals surface area (Å²) in [5, 5.41) is 8.60. The van der Waals surface area contributed by atoms with Gasteiger partial charge in [0.25, 0.3) is 0 Å². The van der Waals surface area contributed by atoms with Gasteiger partial charge in [-0.2, -0.15) is 0 Å². The van der Waals surface area contributed by atoms with Crippen molar-refractivity contribution in [3.63, 3.8) is 0 Å². The lowest BCUT2D eigenvalue weighted by Crippen LogP contribution is -2.21. The summed E-state index contributed by atoms with van der Waals surface area (Å²) in [5.41, 5.74) is 0. The molecule has 1 saturated heterocycles. The van der Waals surface area contributed by atoms with E-state index in [4.69, 9.17) is 5.11 Å². The SMILES string of the molecule is O=C(O)C1CC2OC(F)(F)OC2C1. The molecule has 74 valence electrons. The molecule has 1 saturated carbocycles. The first-order chi connectivity index (χ1) is 5.98. The van der Waals surface area contributed by atoms with Crippen LogP contribution in [-0.4, -0.2) is 29.6 Å². The van der Waals surface area contributed by atoms with E-state index in [1.54, 1.807) is 0 Å². The molecule has 0 spiro atoms. The van der Waals surface area contributed by atoms with Crippen LogP contribution in [0.1, 0.15) is 12.8 Å². The maximum Gasteiger partial charge on any atom is 0.486 e. The van der Waals surface area contributed by atoms with Crippen LogP contribution in [0.3, 0.4) is 0 Å². The Morgan fingerprint density at radius 3 is 2.15 bits per heavy atom. The highest BCUT2D eigenvalue weighted by molar-refractivity contribution is 5.70. The van der Waals surface area contributed by atoms with Gasteiger partial charge in [0.1, 0.15) is 0 Å². The maximum absolute atomic E-state index is 12.4. The van der Waals surface area contributed by atoms with Crippen LogP contribution in [-0.2, 0) is 14.3 Å². The molecule has 0 aromatic carbocycles. The summed E-state index contributed by atoms with van der Waals surface area (Å²) in [4.78, 5) is 10.5. The summed E-state index contributed by atoms with van der Waals surface area (Å²) in [6.45, 7) is 0. The monoisotopic (exact) mass is 194 g/mol. The van der Waals surface area contributed by atoms with E-state index in [0.29, 0.717) is 0 Å². The normalized spacial score (nSPS) is 41.8. The van der Waals surface area contributed by atoms with Crippen molar-refractivity contribution < 1.29 is 28.2 Å². The second kappa shape index (κ2) is 2.62. The van der Waals surface area contributed by atoms with E-state index >= 15 is 0 Å². The van der Waals surface area contributed by atoms with Gasteiger partial charge in [0.2, 0.25) is 0 Å². The summed E-state index contributed by atoms with van der Waals surface area (Å²) >= 11 is 0. The molecule has 0 bridgehead atoms. The Hall–Kier alpha value is -0.750. The van der Waals surface area contributed by atoms with Crippen LogP contribution < -0.4 is 0 Å². The van der Waals surface area contributed by atoms with Gasteiger partial charge in [-0.05, 0) is 12.8 Å². The van der Waals surface area contributed by atoms with Crippen molar-refractivity contribution in [3.05, 3.63) is 0 Å². The Balaban J connectivity index is 2.01. The zero-order valence-corrected chi connectivity index (χ0v) is 6.57. The average Bonchev–Trinajstić information content (AvgIpc) is 2.39. The van der Waals surface area contributed by atoms with E-state index in [9.17, 15) is 13.6 Å². The molecule has 1 N–H and O–H groups in total. The second-order valence-electron chi connectivity index (χ2n) is 3.28. The number of hydrogen-bond acceptors (Lipinski definition) is 3. The number of halogens is 2. The topological polar surface area (TPSA) is 55.8 Å². The fourth-order valence-corrected chi connectivity index (χ4v) is 1.79. The summed E-state index contributed by atoms with van der Waals surface area (Å²) < 4.78 is 33.3. The first kappa shape index (κ1) is 8.83. The van der Waals surface area contributed by atoms with Gasteiger partial charge in [0.05, 0.1) is 18.1 Å². The Labute approximate surface area is 72.4 Å². The van der Waals surface area contributed by atoms with Crippen LogP contribution in [0.15, 0.2) is 0 Å². The fraction of sp³-hybridized carbons (Fsp3) is 0.857. The lowest BCUT2D eigenvalue weighted by atomic mass is 10.1. The molecule has 0 radical (unpaired) electrons. The molecule has 1 heterocycles. The first-order valence-corrected chi connectivity index (χ1v) is 3.94. The van der Waals surface area contributed by atoms with Crippen LogP contribution in [0.2, 0.25) is 0 Å². The fourth-order valence-electron chi connectivity index (χ4n) is 1.79. The van der Waals surface area contributed by atoms with E-state index < -0.39 is 30.4 Å². The summed E-state index contributed by atoms with van der Waals surface area (Å²) in [6, 6.07) is 0.